The van der Waals surface area contributed by atoms with Crippen LogP contribution in [0.15, 0.2) is 217 Å². The molecule has 0 spiro atoms. The maximum Gasteiger partial charge on any atom is 0.144 e. The maximum absolute atomic E-state index is 6.59. The quantitative estimate of drug-likeness (QED) is 0.131. The van der Waals surface area contributed by atoms with E-state index in [2.05, 4.69) is 206 Å². The summed E-state index contributed by atoms with van der Waals surface area (Å²) in [4.78, 5) is 5.29. The number of pyridine rings is 1. The molecule has 13 aromatic rings. The van der Waals surface area contributed by atoms with E-state index in [1.165, 1.54) is 70.9 Å². The highest BCUT2D eigenvalue weighted by Gasteiger charge is 2.20. The Bertz CT molecular complexity index is 3930. The van der Waals surface area contributed by atoms with Gasteiger partial charge in [-0.05, 0) is 113 Å². The van der Waals surface area contributed by atoms with Crippen molar-refractivity contribution in [1.82, 2.24) is 4.98 Å². The van der Waals surface area contributed by atoms with E-state index >= 15 is 0 Å². The fourth-order valence-corrected chi connectivity index (χ4v) is 9.93. The van der Waals surface area contributed by atoms with Crippen LogP contribution >= 0.6 is 0 Å². The Morgan fingerprint density at radius 2 is 0.787 bits per heavy atom. The first-order chi connectivity index (χ1) is 30.2. The second-order valence-electron chi connectivity index (χ2n) is 16.2. The lowest BCUT2D eigenvalue weighted by molar-refractivity contribution is 0.673. The Morgan fingerprint density at radius 1 is 0.295 bits per heavy atom. The van der Waals surface area contributed by atoms with Crippen LogP contribution in [0.2, 0.25) is 0 Å². The van der Waals surface area contributed by atoms with E-state index in [1.54, 1.807) is 0 Å². The van der Waals surface area contributed by atoms with Crippen molar-refractivity contribution in [3.05, 3.63) is 212 Å². The summed E-state index contributed by atoms with van der Waals surface area (Å²) >= 11 is 0. The van der Waals surface area contributed by atoms with E-state index in [-0.39, 0.29) is 0 Å². The third kappa shape index (κ3) is 5.26. The third-order valence-electron chi connectivity index (χ3n) is 12.8. The highest BCUT2D eigenvalue weighted by molar-refractivity contribution is 6.25. The van der Waals surface area contributed by atoms with Gasteiger partial charge in [0, 0.05) is 32.5 Å². The average molecular weight is 774 g/mol. The van der Waals surface area contributed by atoms with E-state index in [0.29, 0.717) is 0 Å². The number of hydrogen-bond donors (Lipinski definition) is 0. The molecule has 0 fully saturated rings. The highest BCUT2D eigenvalue weighted by Crippen LogP contribution is 2.46. The Hall–Kier alpha value is -8.07. The minimum atomic E-state index is 0.897. The first-order valence-corrected chi connectivity index (χ1v) is 20.9. The molecule has 0 atom stereocenters. The van der Waals surface area contributed by atoms with Crippen molar-refractivity contribution in [3.8, 4) is 44.6 Å². The summed E-state index contributed by atoms with van der Waals surface area (Å²) < 4.78 is 6.59. The minimum Gasteiger partial charge on any atom is -0.455 e. The van der Waals surface area contributed by atoms with Gasteiger partial charge in [-0.15, -0.1) is 0 Å². The molecule has 0 aliphatic rings. The Kier molecular flexibility index (Phi) is 7.34. The van der Waals surface area contributed by atoms with Crippen molar-refractivity contribution in [2.45, 2.75) is 0 Å². The van der Waals surface area contributed by atoms with Crippen LogP contribution < -0.4 is 0 Å². The Balaban J connectivity index is 1.02. The lowest BCUT2D eigenvalue weighted by atomic mass is 9.84. The van der Waals surface area contributed by atoms with Crippen molar-refractivity contribution >= 4 is 86.7 Å². The van der Waals surface area contributed by atoms with Crippen molar-refractivity contribution in [2.75, 3.05) is 0 Å². The van der Waals surface area contributed by atoms with Crippen LogP contribution in [0, 0.1) is 0 Å². The summed E-state index contributed by atoms with van der Waals surface area (Å²) in [6.07, 6.45) is 0. The largest absolute Gasteiger partial charge is 0.455 e. The second kappa shape index (κ2) is 13.2. The fourth-order valence-electron chi connectivity index (χ4n) is 9.93. The van der Waals surface area contributed by atoms with Crippen LogP contribution in [0.25, 0.3) is 131 Å². The Labute approximate surface area is 351 Å². The van der Waals surface area contributed by atoms with Crippen molar-refractivity contribution in [2.24, 2.45) is 0 Å². The fraction of sp³-hybridized carbons (Fsp3) is 0. The normalized spacial score (nSPS) is 11.9. The Morgan fingerprint density at radius 3 is 1.49 bits per heavy atom. The van der Waals surface area contributed by atoms with Gasteiger partial charge in [0.2, 0.25) is 0 Å². The molecular weight excluding hydrogens is 739 g/mol. The molecule has 0 bridgehead atoms. The summed E-state index contributed by atoms with van der Waals surface area (Å²) in [5.41, 5.74) is 12.0. The molecule has 0 unspecified atom stereocenters. The summed E-state index contributed by atoms with van der Waals surface area (Å²) in [5.74, 6) is 0. The maximum atomic E-state index is 6.59. The van der Waals surface area contributed by atoms with E-state index in [9.17, 15) is 0 Å². The van der Waals surface area contributed by atoms with Crippen LogP contribution in [-0.4, -0.2) is 4.98 Å². The summed E-state index contributed by atoms with van der Waals surface area (Å²) in [6.45, 7) is 0. The molecule has 2 nitrogen and oxygen atoms in total. The van der Waals surface area contributed by atoms with Gasteiger partial charge in [0.15, 0.2) is 0 Å². The third-order valence-corrected chi connectivity index (χ3v) is 12.8. The molecule has 0 saturated heterocycles. The van der Waals surface area contributed by atoms with Gasteiger partial charge in [0.25, 0.3) is 0 Å². The van der Waals surface area contributed by atoms with Crippen molar-refractivity contribution in [1.29, 1.82) is 0 Å². The van der Waals surface area contributed by atoms with E-state index in [4.69, 9.17) is 9.40 Å². The van der Waals surface area contributed by atoms with Crippen LogP contribution in [0.4, 0.5) is 0 Å². The molecule has 0 saturated carbocycles. The van der Waals surface area contributed by atoms with E-state index in [0.717, 1.165) is 60.4 Å². The monoisotopic (exact) mass is 773 g/mol. The molecule has 282 valence electrons. The molecule has 0 N–H and O–H groups in total. The van der Waals surface area contributed by atoms with Gasteiger partial charge in [-0.2, -0.15) is 0 Å². The van der Waals surface area contributed by atoms with Gasteiger partial charge in [0.05, 0.1) is 11.2 Å². The number of rotatable bonds is 4. The number of para-hydroxylation sites is 2. The van der Waals surface area contributed by atoms with Gasteiger partial charge in [-0.25, -0.2) is 4.98 Å². The number of aromatic nitrogens is 1. The summed E-state index contributed by atoms with van der Waals surface area (Å²) in [6, 6.07) is 77.1. The predicted molar refractivity (Wildman–Crippen MR) is 258 cm³/mol. The lowest BCUT2D eigenvalue weighted by Gasteiger charge is -2.19. The molecule has 2 heterocycles. The predicted octanol–water partition coefficient (Wildman–Crippen LogP) is 16.6. The first-order valence-electron chi connectivity index (χ1n) is 20.9. The first kappa shape index (κ1) is 33.9. The number of benzene rings is 11. The van der Waals surface area contributed by atoms with E-state index < -0.39 is 0 Å². The summed E-state index contributed by atoms with van der Waals surface area (Å²) in [7, 11) is 0. The molecule has 13 rings (SSSR count). The van der Waals surface area contributed by atoms with Gasteiger partial charge in [0.1, 0.15) is 11.2 Å². The molecule has 61 heavy (non-hydrogen) atoms. The summed E-state index contributed by atoms with van der Waals surface area (Å²) in [5, 5.41) is 15.4. The molecule has 0 aliphatic carbocycles. The molecule has 0 aliphatic heterocycles. The number of nitrogens with zero attached hydrogens (tertiary/aromatic N) is 1. The topological polar surface area (TPSA) is 26.0 Å². The van der Waals surface area contributed by atoms with Gasteiger partial charge < -0.3 is 4.42 Å². The number of furan rings is 1. The van der Waals surface area contributed by atoms with Crippen LogP contribution in [0.3, 0.4) is 0 Å². The zero-order chi connectivity index (χ0) is 40.0. The van der Waals surface area contributed by atoms with Crippen LogP contribution in [0.1, 0.15) is 0 Å². The average Bonchev–Trinajstić information content (AvgIpc) is 3.71. The highest BCUT2D eigenvalue weighted by atomic mass is 16.3. The molecular formula is C59H35NO. The number of fused-ring (bicyclic) bond motifs is 11. The van der Waals surface area contributed by atoms with Crippen LogP contribution in [0.5, 0.6) is 0 Å². The van der Waals surface area contributed by atoms with Gasteiger partial charge in [-0.3, -0.25) is 0 Å². The smallest absolute Gasteiger partial charge is 0.144 e. The van der Waals surface area contributed by atoms with Gasteiger partial charge in [-0.1, -0.05) is 176 Å². The molecule has 2 aromatic heterocycles. The molecule has 11 aromatic carbocycles. The minimum absolute atomic E-state index is 0.897. The zero-order valence-electron chi connectivity index (χ0n) is 33.1. The molecule has 0 amide bonds. The van der Waals surface area contributed by atoms with E-state index in [1.807, 2.05) is 6.07 Å². The standard InChI is InChI=1S/C59H35NO/c1-3-13-40-33-43(27-23-36(40)11-1)55-46-16-5-6-17-47(46)56(44-28-24-37-12-2-4-14-41(37)34-44)52-35-42(29-30-48(52)55)38-21-25-39(26-22-38)58-51-32-31-49-45-15-8-10-20-54(45)61-59(49)57(51)50-18-7-9-19-53(50)60-58/h1-35H. The zero-order valence-corrected chi connectivity index (χ0v) is 33.1. The van der Waals surface area contributed by atoms with Crippen molar-refractivity contribution in [3.63, 3.8) is 0 Å². The van der Waals surface area contributed by atoms with Crippen LogP contribution in [-0.2, 0) is 0 Å². The number of hydrogen-bond acceptors (Lipinski definition) is 2. The van der Waals surface area contributed by atoms with Gasteiger partial charge >= 0.3 is 0 Å². The second-order valence-corrected chi connectivity index (χ2v) is 16.2. The molecule has 2 heteroatoms. The molecule has 0 radical (unpaired) electrons. The SMILES string of the molecule is c1ccc2cc(-c3c4ccccc4c(-c4ccc5ccccc5c4)c4cc(-c5ccc(-c6nc7ccccc7c7c6ccc6c8ccccc8oc67)cc5)ccc34)ccc2c1. The van der Waals surface area contributed by atoms with Crippen molar-refractivity contribution < 1.29 is 4.42 Å². The lowest BCUT2D eigenvalue weighted by Crippen LogP contribution is -1.92.